The lowest BCUT2D eigenvalue weighted by Gasteiger charge is -2.51. The summed E-state index contributed by atoms with van der Waals surface area (Å²) in [7, 11) is -3.52. The lowest BCUT2D eigenvalue weighted by Crippen LogP contribution is -2.53. The molecule has 1 saturated heterocycles. The number of rotatable bonds is 5. The van der Waals surface area contributed by atoms with Gasteiger partial charge in [-0.05, 0) is 120 Å². The minimum atomic E-state index is -3.52. The van der Waals surface area contributed by atoms with Crippen molar-refractivity contribution in [3.05, 3.63) is 51.4 Å². The van der Waals surface area contributed by atoms with E-state index in [1.165, 1.54) is 0 Å². The molecule has 1 N–H and O–H groups in total. The third-order valence-electron chi connectivity index (χ3n) is 10.8. The van der Waals surface area contributed by atoms with E-state index in [0.717, 1.165) is 50.5 Å². The molecule has 3 saturated carbocycles. The largest absolute Gasteiger partial charge is 0.444 e. The number of amides is 1. The van der Waals surface area contributed by atoms with Gasteiger partial charge >= 0.3 is 6.09 Å². The van der Waals surface area contributed by atoms with Gasteiger partial charge in [0.1, 0.15) is 16.3 Å². The van der Waals surface area contributed by atoms with Crippen LogP contribution in [0.3, 0.4) is 0 Å². The van der Waals surface area contributed by atoms with Crippen LogP contribution in [0.2, 0.25) is 5.02 Å². The topological polar surface area (TPSA) is 123 Å². The summed E-state index contributed by atoms with van der Waals surface area (Å²) >= 11 is 6.37. The predicted molar refractivity (Wildman–Crippen MR) is 178 cm³/mol. The van der Waals surface area contributed by atoms with Crippen molar-refractivity contribution in [2.45, 2.75) is 107 Å². The molecule has 1 aliphatic heterocycles. The quantitative estimate of drug-likeness (QED) is 0.310. The Morgan fingerprint density at radius 2 is 1.80 bits per heavy atom. The summed E-state index contributed by atoms with van der Waals surface area (Å²) in [5, 5.41) is 3.71. The molecule has 12 heteroatoms. The first-order valence-corrected chi connectivity index (χ1v) is 18.3. The maximum atomic E-state index is 13.6. The molecule has 3 aromatic rings. The number of nitrogens with one attached hydrogen (secondary N) is 1. The van der Waals surface area contributed by atoms with E-state index in [-0.39, 0.29) is 33.5 Å². The van der Waals surface area contributed by atoms with E-state index in [1.807, 2.05) is 27.7 Å². The number of aryl methyl sites for hydroxylation is 1. The van der Waals surface area contributed by atoms with Gasteiger partial charge in [-0.15, -0.1) is 0 Å². The van der Waals surface area contributed by atoms with Crippen LogP contribution in [0.4, 0.5) is 16.4 Å². The van der Waals surface area contributed by atoms with Gasteiger partial charge in [0.2, 0.25) is 5.95 Å². The third-order valence-corrected chi connectivity index (χ3v) is 13.2. The molecule has 46 heavy (non-hydrogen) atoms. The van der Waals surface area contributed by atoms with E-state index in [4.69, 9.17) is 21.3 Å². The van der Waals surface area contributed by atoms with Crippen LogP contribution in [0.1, 0.15) is 90.2 Å². The lowest BCUT2D eigenvalue weighted by atomic mass is 9.63. The summed E-state index contributed by atoms with van der Waals surface area (Å²) in [5.74, 6) is 0.336. The van der Waals surface area contributed by atoms with Gasteiger partial charge in [-0.2, -0.15) is 4.98 Å². The molecule has 4 aliphatic rings. The monoisotopic (exact) mass is 667 g/mol. The van der Waals surface area contributed by atoms with Gasteiger partial charge in [0.05, 0.1) is 10.1 Å². The van der Waals surface area contributed by atoms with Gasteiger partial charge in [-0.25, -0.2) is 18.2 Å². The van der Waals surface area contributed by atoms with Crippen molar-refractivity contribution in [1.82, 2.24) is 19.4 Å². The van der Waals surface area contributed by atoms with Crippen molar-refractivity contribution in [2.75, 3.05) is 18.4 Å². The minimum Gasteiger partial charge on any atom is -0.444 e. The summed E-state index contributed by atoms with van der Waals surface area (Å²) in [6, 6.07) is 6.83. The normalized spacial score (nSPS) is 22.3. The molecule has 1 aromatic carbocycles. The molecule has 1 unspecified atom stereocenters. The number of piperidine rings is 1. The van der Waals surface area contributed by atoms with Crippen LogP contribution in [-0.4, -0.2) is 57.9 Å². The molecule has 4 fully saturated rings. The van der Waals surface area contributed by atoms with Gasteiger partial charge < -0.3 is 15.0 Å². The predicted octanol–water partition coefficient (Wildman–Crippen LogP) is 6.96. The Morgan fingerprint density at radius 3 is 2.46 bits per heavy atom. The van der Waals surface area contributed by atoms with Crippen molar-refractivity contribution in [3.8, 4) is 0 Å². The Bertz CT molecular complexity index is 1880. The molecule has 246 valence electrons. The first-order chi connectivity index (χ1) is 21.7. The number of fused-ring (bicyclic) bond motifs is 1. The molecular weight excluding hydrogens is 626 g/mol. The van der Waals surface area contributed by atoms with Crippen molar-refractivity contribution in [1.29, 1.82) is 0 Å². The highest BCUT2D eigenvalue weighted by Crippen LogP contribution is 2.63. The van der Waals surface area contributed by atoms with Crippen LogP contribution in [0.25, 0.3) is 11.0 Å². The fourth-order valence-electron chi connectivity index (χ4n) is 7.99. The van der Waals surface area contributed by atoms with E-state index >= 15 is 0 Å². The molecule has 2 spiro atoms. The van der Waals surface area contributed by atoms with Crippen LogP contribution in [0.5, 0.6) is 0 Å². The van der Waals surface area contributed by atoms with E-state index in [9.17, 15) is 18.0 Å². The summed E-state index contributed by atoms with van der Waals surface area (Å²) < 4.78 is 34.6. The zero-order chi connectivity index (χ0) is 32.6. The fraction of sp³-hybridized carbons (Fsp3) is 0.588. The molecule has 10 nitrogen and oxygen atoms in total. The molecule has 0 radical (unpaired) electrons. The average molecular weight is 668 g/mol. The number of nitrogens with zero attached hydrogens (tertiary/aromatic N) is 4. The van der Waals surface area contributed by atoms with Gasteiger partial charge in [0, 0.05) is 36.4 Å². The number of benzene rings is 1. The number of aromatic nitrogens is 3. The van der Waals surface area contributed by atoms with E-state index in [1.54, 1.807) is 39.9 Å². The number of anilines is 2. The molecule has 1 amide bonds. The van der Waals surface area contributed by atoms with Crippen LogP contribution < -0.4 is 10.9 Å². The molecule has 2 aromatic heterocycles. The first kappa shape index (κ1) is 31.4. The number of carbonyl (C=O) groups excluding carboxylic acids is 1. The van der Waals surface area contributed by atoms with E-state index < -0.39 is 20.7 Å². The zero-order valence-electron chi connectivity index (χ0n) is 26.9. The maximum Gasteiger partial charge on any atom is 0.410 e. The number of ether oxygens (including phenoxy) is 1. The highest BCUT2D eigenvalue weighted by Gasteiger charge is 2.54. The summed E-state index contributed by atoms with van der Waals surface area (Å²) in [5.41, 5.74) is 1.40. The van der Waals surface area contributed by atoms with E-state index in [2.05, 4.69) is 10.3 Å². The number of likely N-dealkylation sites (tertiary alicyclic amines) is 1. The molecule has 7 rings (SSSR count). The Balaban J connectivity index is 1.05. The summed E-state index contributed by atoms with van der Waals surface area (Å²) in [6.45, 7) is 8.60. The van der Waals surface area contributed by atoms with Crippen LogP contribution in [-0.2, 0) is 14.6 Å². The highest BCUT2D eigenvalue weighted by atomic mass is 35.5. The zero-order valence-corrected chi connectivity index (χ0v) is 28.5. The van der Waals surface area contributed by atoms with Gasteiger partial charge in [0.15, 0.2) is 9.84 Å². The van der Waals surface area contributed by atoms with E-state index in [0.29, 0.717) is 53.5 Å². The maximum absolute atomic E-state index is 13.6. The number of carbonyl (C=O) groups is 1. The second kappa shape index (κ2) is 10.9. The number of sulfone groups is 1. The molecule has 3 aliphatic carbocycles. The second-order valence-corrected chi connectivity index (χ2v) is 17.7. The number of hydrogen-bond donors (Lipinski definition) is 1. The first-order valence-electron chi connectivity index (χ1n) is 16.4. The van der Waals surface area contributed by atoms with Crippen molar-refractivity contribution < 1.29 is 17.9 Å². The molecule has 0 bridgehead atoms. The van der Waals surface area contributed by atoms with Gasteiger partial charge in [-0.1, -0.05) is 18.0 Å². The van der Waals surface area contributed by atoms with Crippen molar-refractivity contribution in [2.24, 2.45) is 10.8 Å². The van der Waals surface area contributed by atoms with Gasteiger partial charge in [0.25, 0.3) is 5.56 Å². The van der Waals surface area contributed by atoms with Crippen LogP contribution in [0, 0.1) is 17.8 Å². The number of pyridine rings is 1. The average Bonchev–Trinajstić information content (AvgIpc) is 3.64. The highest BCUT2D eigenvalue weighted by molar-refractivity contribution is 7.92. The summed E-state index contributed by atoms with van der Waals surface area (Å²) in [4.78, 5) is 37.1. The second-order valence-electron chi connectivity index (χ2n) is 15.1. The number of halogens is 1. The number of hydrogen-bond acceptors (Lipinski definition) is 8. The fourth-order valence-corrected chi connectivity index (χ4v) is 10.3. The van der Waals surface area contributed by atoms with Crippen molar-refractivity contribution >= 4 is 50.2 Å². The Hall–Kier alpha value is -3.18. The van der Waals surface area contributed by atoms with Crippen LogP contribution >= 0.6 is 11.6 Å². The Morgan fingerprint density at radius 1 is 1.09 bits per heavy atom. The Kier molecular flexibility index (Phi) is 7.47. The SMILES string of the molecule is Cc1cc(S(=O)(=O)C2CC3(CCN(C(=O)OC(C)(C)C)CC3)C2)ccc1Nc1ncc2cc(Cl)c(=O)n(C3CCCC34CC4)c2n1. The molecule has 3 heterocycles. The standard InChI is InChI=1S/C34H42ClN5O5S/c1-21-16-23(46(43,44)24-18-33(19-24)12-14-39(15-13-33)31(42)45-32(2,3)4)7-8-26(21)37-30-36-20-22-17-25(35)29(41)40(28(22)38-30)27-6-5-9-34(27)10-11-34/h7-8,16-17,20,24,27H,5-6,9-15,18-19H2,1-4H3,(H,36,37,38). The van der Waals surface area contributed by atoms with Gasteiger partial charge in [-0.3, -0.25) is 9.36 Å². The van der Waals surface area contributed by atoms with Crippen molar-refractivity contribution in [3.63, 3.8) is 0 Å². The summed E-state index contributed by atoms with van der Waals surface area (Å²) in [6.07, 6.45) is 9.55. The minimum absolute atomic E-state index is 0.0388. The van der Waals surface area contributed by atoms with Crippen LogP contribution in [0.15, 0.2) is 40.2 Å². The Labute approximate surface area is 274 Å². The lowest BCUT2D eigenvalue weighted by molar-refractivity contribution is -0.00428. The molecular formula is C34H42ClN5O5S. The molecule has 1 atom stereocenters. The smallest absolute Gasteiger partial charge is 0.410 e. The third kappa shape index (κ3) is 5.57.